The standard InChI is InChI=1S/C25H24BrN5O4.C18H20BrN5O3.C3H8O.U.V/c1-25(2,3)35-18(32)13-15-8-7-9-16(12-15)14-30-21-19(28-23(30)26)20(27)31(24(34)29-21)22(33)17-10-5-4-6-11-17;1-18(2,3)27-12(25)8-10-5-4-6-11(7-10)9-24-15-13(21-16(24)19)14(20)22-17(26)23-15;1-3(2)4;;/h4-12H,13-14,27H2,1-3H3;4-7H,8-9H2,1-3H3,(H3,20,22,23,26);3-4H,1-2H3;;. The van der Waals surface area contributed by atoms with E-state index in [-0.39, 0.29) is 103 Å². The van der Waals surface area contributed by atoms with Crippen molar-refractivity contribution in [1.82, 2.24) is 38.6 Å². The van der Waals surface area contributed by atoms with Crippen molar-refractivity contribution in [2.45, 2.75) is 98.6 Å². The Morgan fingerprint density at radius 2 is 1.12 bits per heavy atom. The number of nitrogens with two attached hydrogens (primary N) is 2. The van der Waals surface area contributed by atoms with Crippen LogP contribution in [0.4, 0.5) is 11.6 Å². The molecule has 0 amide bonds. The molecule has 0 aliphatic heterocycles. The molecule has 0 aliphatic carbocycles. The molecule has 0 saturated heterocycles. The summed E-state index contributed by atoms with van der Waals surface area (Å²) in [6.07, 6.45) is 0.149. The number of hydrogen-bond acceptors (Lipinski definition) is 14. The second-order valence-electron chi connectivity index (χ2n) is 17.3. The molecule has 4 aromatic heterocycles. The van der Waals surface area contributed by atoms with Crippen molar-refractivity contribution < 1.29 is 78.6 Å². The number of aliphatic hydroxyl groups excluding tert-OH is 1. The van der Waals surface area contributed by atoms with Crippen molar-refractivity contribution in [1.29, 1.82) is 0 Å². The molecule has 6 N–H and O–H groups in total. The summed E-state index contributed by atoms with van der Waals surface area (Å²) in [5, 5.41) is 8.06. The molecule has 7 aromatic rings. The molecule has 0 unspecified atom stereocenters. The van der Waals surface area contributed by atoms with Crippen LogP contribution in [0.3, 0.4) is 0 Å². The van der Waals surface area contributed by atoms with Crippen LogP contribution in [-0.2, 0) is 63.5 Å². The molecule has 68 heavy (non-hydrogen) atoms. The van der Waals surface area contributed by atoms with Crippen LogP contribution in [0.2, 0.25) is 0 Å². The van der Waals surface area contributed by atoms with Crippen LogP contribution >= 0.6 is 31.9 Å². The van der Waals surface area contributed by atoms with Gasteiger partial charge in [-0.2, -0.15) is 9.97 Å². The van der Waals surface area contributed by atoms with Crippen molar-refractivity contribution in [3.05, 3.63) is 137 Å². The summed E-state index contributed by atoms with van der Waals surface area (Å²) in [7, 11) is 0. The number of nitrogens with one attached hydrogen (secondary N) is 1. The van der Waals surface area contributed by atoms with E-state index in [0.717, 1.165) is 26.8 Å². The first-order valence-electron chi connectivity index (χ1n) is 20.6. The number of aliphatic hydroxyl groups is 1. The second kappa shape index (κ2) is 24.6. The number of aromatic nitrogens is 8. The SMILES string of the molecule is CC(C)(C)OC(=O)Cc1cccc(Cn2c(Br)nc3c(N)[nH]c(=O)nc32)c1.CC(C)(C)OC(=O)Cc1cccc(Cn2c(Br)nc3c(N)n(C(=O)c4ccccc4)c(=O)nc32)c1.CC(C)O.[U].[V]. The van der Waals surface area contributed by atoms with Crippen molar-refractivity contribution >= 4 is 83.7 Å². The van der Waals surface area contributed by atoms with Crippen LogP contribution in [-0.4, -0.2) is 78.9 Å². The van der Waals surface area contributed by atoms with E-state index in [2.05, 4.69) is 56.8 Å². The number of imidazole rings is 2. The maximum atomic E-state index is 12.9. The van der Waals surface area contributed by atoms with Crippen molar-refractivity contribution in [3.63, 3.8) is 0 Å². The van der Waals surface area contributed by atoms with Gasteiger partial charge in [0.1, 0.15) is 33.9 Å². The first-order valence-corrected chi connectivity index (χ1v) is 22.2. The smallest absolute Gasteiger partial charge is 0.358 e. The fourth-order valence-corrected chi connectivity index (χ4v) is 7.32. The average molecular weight is 1320 g/mol. The molecule has 7 rings (SSSR count). The number of aromatic amines is 1. The van der Waals surface area contributed by atoms with E-state index in [1.54, 1.807) is 53.3 Å². The molecule has 0 bridgehead atoms. The van der Waals surface area contributed by atoms with Gasteiger partial charge in [-0.3, -0.25) is 28.5 Å². The molecule has 18 nitrogen and oxygen atoms in total. The van der Waals surface area contributed by atoms with E-state index >= 15 is 0 Å². The van der Waals surface area contributed by atoms with Gasteiger partial charge in [0.05, 0.1) is 25.9 Å². The summed E-state index contributed by atoms with van der Waals surface area (Å²) >= 11 is 6.79. The number of nitrogen functional groups attached to an aromatic ring is 2. The third kappa shape index (κ3) is 16.1. The number of fused-ring (bicyclic) bond motifs is 2. The van der Waals surface area contributed by atoms with Crippen LogP contribution < -0.4 is 22.8 Å². The third-order valence-electron chi connectivity index (χ3n) is 8.79. The van der Waals surface area contributed by atoms with Gasteiger partial charge in [0.2, 0.25) is 0 Å². The van der Waals surface area contributed by atoms with E-state index in [0.29, 0.717) is 39.3 Å². The summed E-state index contributed by atoms with van der Waals surface area (Å²) in [5.41, 5.74) is 14.6. The molecule has 0 fully saturated rings. The van der Waals surface area contributed by atoms with Gasteiger partial charge in [0, 0.05) is 61.3 Å². The number of nitrogens with zero attached hydrogens (tertiary/aromatic N) is 7. The van der Waals surface area contributed by atoms with Gasteiger partial charge in [0.25, 0.3) is 5.91 Å². The topological polar surface area (TPSA) is 258 Å². The zero-order valence-corrected chi connectivity index (χ0v) is 47.4. The summed E-state index contributed by atoms with van der Waals surface area (Å²) < 4.78 is 15.9. The predicted octanol–water partition coefficient (Wildman–Crippen LogP) is 6.34. The zero-order valence-electron chi connectivity index (χ0n) is 38.7. The van der Waals surface area contributed by atoms with Gasteiger partial charge in [-0.05, 0) is 122 Å². The molecular formula is C46H52Br2N10O8UV. The Bertz CT molecular complexity index is 3010. The van der Waals surface area contributed by atoms with E-state index in [9.17, 15) is 24.0 Å². The Labute approximate surface area is 444 Å². The van der Waals surface area contributed by atoms with Crippen molar-refractivity contribution in [3.8, 4) is 0 Å². The molecule has 0 atom stereocenters. The number of esters is 2. The van der Waals surface area contributed by atoms with Crippen LogP contribution in [0.15, 0.2) is 97.9 Å². The van der Waals surface area contributed by atoms with Gasteiger partial charge in [-0.15, -0.1) is 0 Å². The molecule has 0 saturated carbocycles. The number of halogens is 2. The first-order chi connectivity index (χ1) is 30.9. The fraction of sp³-hybridized carbons (Fsp3) is 0.326. The Morgan fingerprint density at radius 3 is 1.57 bits per heavy atom. The van der Waals surface area contributed by atoms with Crippen molar-refractivity contribution in [2.24, 2.45) is 0 Å². The van der Waals surface area contributed by atoms with E-state index < -0.39 is 28.5 Å². The summed E-state index contributed by atoms with van der Waals surface area (Å²) in [6.45, 7) is 15.1. The Hall–Kier alpha value is -4.87. The fourth-order valence-electron chi connectivity index (χ4n) is 6.38. The number of H-pyrrole nitrogens is 1. The maximum Gasteiger partial charge on any atom is 0.358 e. The molecular weight excluding hydrogens is 1270 g/mol. The van der Waals surface area contributed by atoms with Crippen LogP contribution in [0.1, 0.15) is 88.0 Å². The Morgan fingerprint density at radius 1 is 0.691 bits per heavy atom. The Balaban J connectivity index is 0.000000333. The number of hydrogen-bond donors (Lipinski definition) is 4. The minimum Gasteiger partial charge on any atom is -0.460 e. The van der Waals surface area contributed by atoms with E-state index in [1.807, 2.05) is 90.1 Å². The number of rotatable bonds is 9. The van der Waals surface area contributed by atoms with Gasteiger partial charge >= 0.3 is 23.3 Å². The van der Waals surface area contributed by atoms with Crippen LogP contribution in [0.5, 0.6) is 0 Å². The number of carbonyl (C=O) groups excluding carboxylic acids is 3. The predicted molar refractivity (Wildman–Crippen MR) is 258 cm³/mol. The van der Waals surface area contributed by atoms with Crippen LogP contribution in [0, 0.1) is 31.1 Å². The Kier molecular flexibility index (Phi) is 20.8. The molecule has 1 radical (unpaired) electrons. The molecule has 0 aliphatic rings. The van der Waals surface area contributed by atoms with Crippen molar-refractivity contribution in [2.75, 3.05) is 11.5 Å². The minimum atomic E-state index is -0.795. The zero-order chi connectivity index (χ0) is 48.7. The minimum absolute atomic E-state index is 0. The molecule has 4 heterocycles. The van der Waals surface area contributed by atoms with Crippen LogP contribution in [0.25, 0.3) is 22.3 Å². The van der Waals surface area contributed by atoms with E-state index in [4.69, 9.17) is 26.0 Å². The van der Waals surface area contributed by atoms with Gasteiger partial charge < -0.3 is 26.0 Å². The number of ether oxygens (including phenoxy) is 2. The molecule has 357 valence electrons. The maximum absolute atomic E-state index is 12.9. The number of benzene rings is 3. The van der Waals surface area contributed by atoms with E-state index in [1.165, 1.54) is 0 Å². The van der Waals surface area contributed by atoms with Gasteiger partial charge in [-0.1, -0.05) is 66.7 Å². The molecule has 3 aromatic carbocycles. The normalized spacial score (nSPS) is 11.1. The summed E-state index contributed by atoms with van der Waals surface area (Å²) in [6, 6.07) is 23.4. The largest absolute Gasteiger partial charge is 0.460 e. The summed E-state index contributed by atoms with van der Waals surface area (Å²) in [4.78, 5) is 80.9. The monoisotopic (exact) mass is 1320 g/mol. The average Bonchev–Trinajstić information content (AvgIpc) is 3.68. The van der Waals surface area contributed by atoms with Gasteiger partial charge in [0.15, 0.2) is 20.8 Å². The first kappa shape index (κ1) is 57.4. The van der Waals surface area contributed by atoms with Gasteiger partial charge in [-0.25, -0.2) is 24.1 Å². The second-order valence-corrected chi connectivity index (χ2v) is 18.7. The number of carbonyl (C=O) groups is 3. The molecule has 22 heteroatoms. The quantitative estimate of drug-likeness (QED) is 0.0909. The number of anilines is 2. The third-order valence-corrected chi connectivity index (χ3v) is 10.0. The summed E-state index contributed by atoms with van der Waals surface area (Å²) in [5.74, 6) is -1.10. The molecule has 0 spiro atoms.